The summed E-state index contributed by atoms with van der Waals surface area (Å²) in [6, 6.07) is 5.36. The first-order valence-corrected chi connectivity index (χ1v) is 20.3. The molecule has 52 heavy (non-hydrogen) atoms. The summed E-state index contributed by atoms with van der Waals surface area (Å²) in [7, 11) is 0. The monoisotopic (exact) mass is 738 g/mol. The van der Waals surface area contributed by atoms with Gasteiger partial charge in [0.05, 0.1) is 11.1 Å². The lowest BCUT2D eigenvalue weighted by Crippen LogP contribution is -2.55. The molecule has 11 heteroatoms. The second-order valence-corrected chi connectivity index (χ2v) is 17.9. The van der Waals surface area contributed by atoms with Crippen LogP contribution in [0.15, 0.2) is 29.3 Å². The van der Waals surface area contributed by atoms with E-state index in [9.17, 15) is 24.0 Å². The number of ether oxygens (including phenoxy) is 1. The maximum absolute atomic E-state index is 13.7. The summed E-state index contributed by atoms with van der Waals surface area (Å²) < 4.78 is 6.24. The first-order chi connectivity index (χ1) is 24.4. The summed E-state index contributed by atoms with van der Waals surface area (Å²) >= 11 is 1.78. The fraction of sp³-hybridized carbons (Fsp3) is 0.707. The van der Waals surface area contributed by atoms with Crippen LogP contribution >= 0.6 is 11.8 Å². The number of thioether (sulfide) groups is 1. The fourth-order valence-corrected chi connectivity index (χ4v) is 8.79. The van der Waals surface area contributed by atoms with Gasteiger partial charge in [0.15, 0.2) is 0 Å². The molecule has 2 bridgehead atoms. The molecule has 1 saturated heterocycles. The van der Waals surface area contributed by atoms with Crippen LogP contribution < -0.4 is 10.6 Å². The third-order valence-corrected chi connectivity index (χ3v) is 12.4. The van der Waals surface area contributed by atoms with Crippen molar-refractivity contribution in [2.75, 3.05) is 12.3 Å². The lowest BCUT2D eigenvalue weighted by molar-refractivity contribution is -0.164. The first-order valence-electron chi connectivity index (χ1n) is 19.3. The molecule has 288 valence electrons. The number of aryl methyl sites for hydroxylation is 1. The third-order valence-electron chi connectivity index (χ3n) is 11.1. The number of benzene rings is 1. The molecule has 4 rings (SSSR count). The summed E-state index contributed by atoms with van der Waals surface area (Å²) in [5, 5.41) is 6.68. The van der Waals surface area contributed by atoms with Crippen molar-refractivity contribution in [3.05, 3.63) is 35.4 Å². The van der Waals surface area contributed by atoms with E-state index in [2.05, 4.69) is 52.2 Å². The van der Waals surface area contributed by atoms with E-state index >= 15 is 0 Å². The Bertz CT molecular complexity index is 1470. The first kappa shape index (κ1) is 41.5. The van der Waals surface area contributed by atoms with Crippen LogP contribution in [0.25, 0.3) is 0 Å². The molecular formula is C41H62N4O6S. The number of nitrogens with zero attached hydrogens (tertiary/aromatic N) is 2. The predicted octanol–water partition coefficient (Wildman–Crippen LogP) is 6.07. The minimum Gasteiger partial charge on any atom is -0.460 e. The second-order valence-electron chi connectivity index (χ2n) is 16.9. The molecule has 3 aliphatic heterocycles. The molecule has 0 aromatic heterocycles. The van der Waals surface area contributed by atoms with Crippen molar-refractivity contribution >= 4 is 46.3 Å². The average Bonchev–Trinajstić information content (AvgIpc) is 3.76. The van der Waals surface area contributed by atoms with Gasteiger partial charge in [-0.15, -0.1) is 11.8 Å². The van der Waals surface area contributed by atoms with Gasteiger partial charge in [0.1, 0.15) is 30.0 Å². The number of Topliss-reactive ketones (excluding diaryl/α,β-unsaturated/α-hetero) is 1. The van der Waals surface area contributed by atoms with Crippen LogP contribution in [0.5, 0.6) is 0 Å². The number of hydrogen-bond acceptors (Lipinski definition) is 8. The maximum atomic E-state index is 13.7. The normalized spacial score (nSPS) is 32.6. The highest BCUT2D eigenvalue weighted by atomic mass is 32.2. The number of aliphatic imine (C=N–C) groups is 1. The molecule has 3 aliphatic rings. The number of ketones is 1. The van der Waals surface area contributed by atoms with Crippen LogP contribution in [0.1, 0.15) is 111 Å². The van der Waals surface area contributed by atoms with Gasteiger partial charge in [-0.25, -0.2) is 4.79 Å². The molecular weight excluding hydrogens is 677 g/mol. The van der Waals surface area contributed by atoms with Crippen molar-refractivity contribution in [3.8, 4) is 0 Å². The predicted molar refractivity (Wildman–Crippen MR) is 207 cm³/mol. The molecule has 0 aliphatic carbocycles. The zero-order valence-electron chi connectivity index (χ0n) is 32.8. The molecule has 9 atom stereocenters. The Labute approximate surface area is 315 Å². The van der Waals surface area contributed by atoms with Crippen LogP contribution in [0.2, 0.25) is 0 Å². The molecule has 0 spiro atoms. The third kappa shape index (κ3) is 11.4. The van der Waals surface area contributed by atoms with Gasteiger partial charge >= 0.3 is 5.97 Å². The number of rotatable bonds is 2. The number of hydrogen-bond donors (Lipinski definition) is 2. The van der Waals surface area contributed by atoms with Gasteiger partial charge in [-0.3, -0.25) is 24.2 Å². The lowest BCUT2D eigenvalue weighted by atomic mass is 9.80. The van der Waals surface area contributed by atoms with E-state index in [1.54, 1.807) is 25.6 Å². The van der Waals surface area contributed by atoms with Crippen LogP contribution in [0.4, 0.5) is 0 Å². The molecule has 0 radical (unpaired) electrons. The van der Waals surface area contributed by atoms with Crippen molar-refractivity contribution in [2.45, 2.75) is 144 Å². The smallest absolute Gasteiger partial charge is 0.329 e. The topological polar surface area (TPSA) is 134 Å². The van der Waals surface area contributed by atoms with Crippen LogP contribution in [0, 0.1) is 36.0 Å². The van der Waals surface area contributed by atoms with Gasteiger partial charge < -0.3 is 20.3 Å². The zero-order chi connectivity index (χ0) is 38.3. The number of carbonyl (C=O) groups is 5. The number of amides is 3. The Hall–Kier alpha value is -3.21. The molecule has 0 saturated carbocycles. The molecule has 0 unspecified atom stereocenters. The van der Waals surface area contributed by atoms with Gasteiger partial charge in [0.2, 0.25) is 17.7 Å². The van der Waals surface area contributed by atoms with Gasteiger partial charge in [-0.2, -0.15) is 0 Å². The summed E-state index contributed by atoms with van der Waals surface area (Å²) in [6.45, 7) is 18.5. The number of nitrogens with one attached hydrogen (secondary N) is 2. The van der Waals surface area contributed by atoms with Crippen molar-refractivity contribution in [2.24, 2.45) is 34.1 Å². The Kier molecular flexibility index (Phi) is 14.6. The molecule has 1 aromatic rings. The summed E-state index contributed by atoms with van der Waals surface area (Å²) in [5.41, 5.74) is 1.74. The van der Waals surface area contributed by atoms with E-state index in [4.69, 9.17) is 9.73 Å². The quantitative estimate of drug-likeness (QED) is 0.352. The van der Waals surface area contributed by atoms with E-state index < -0.39 is 35.9 Å². The van der Waals surface area contributed by atoms with E-state index in [-0.39, 0.29) is 53.4 Å². The molecule has 1 aromatic carbocycles. The highest BCUT2D eigenvalue weighted by Crippen LogP contribution is 2.35. The van der Waals surface area contributed by atoms with E-state index in [0.29, 0.717) is 51.0 Å². The van der Waals surface area contributed by atoms with Gasteiger partial charge in [-0.05, 0) is 82.1 Å². The largest absolute Gasteiger partial charge is 0.460 e. The lowest BCUT2D eigenvalue weighted by Gasteiger charge is -2.35. The van der Waals surface area contributed by atoms with Gasteiger partial charge in [-0.1, -0.05) is 71.4 Å². The van der Waals surface area contributed by atoms with Crippen molar-refractivity contribution in [3.63, 3.8) is 0 Å². The Morgan fingerprint density at radius 3 is 2.25 bits per heavy atom. The van der Waals surface area contributed by atoms with Crippen LogP contribution in [-0.2, 0) is 35.1 Å². The standard InChI is InChI=1S/C41H62N4O6S/c1-24-12-14-30(15-13-24)21-31-22-33(46)17-16-32-23-52-38(44-32)27(4)26(3)19-25(2)20-35(41(7,8)9)51-40(50)34-11-10-18-45(34)39(49)29(6)43-36(47)28(5)42-37(31)48/h12-15,25-29,31-32,34-35H,10-11,16-23H2,1-9H3,(H,42,48)(H,43,47)/t25-,26-,27-,28-,29-,31+,32-,34-,35-/m0/s1. The number of carbonyl (C=O) groups excluding carboxylic acids is 5. The van der Waals surface area contributed by atoms with E-state index in [0.717, 1.165) is 28.3 Å². The molecule has 3 amide bonds. The fourth-order valence-electron chi connectivity index (χ4n) is 7.47. The van der Waals surface area contributed by atoms with Crippen LogP contribution in [0.3, 0.4) is 0 Å². The SMILES string of the molecule is Cc1ccc(C[C@@H]2CC(=O)CC[C@H]3CSC(=N3)[C@@H](C)[C@@H](C)C[C@H](C)C[C@@H](C(C)(C)C)OC(=O)[C@@H]3CCCN3C(=O)[C@H](C)NC(=O)[C@H](C)NC2=O)cc1. The molecule has 1 fully saturated rings. The van der Waals surface area contributed by atoms with E-state index in [1.165, 1.54) is 4.90 Å². The molecule has 10 nitrogen and oxygen atoms in total. The summed E-state index contributed by atoms with van der Waals surface area (Å²) in [5.74, 6) is -0.575. The Morgan fingerprint density at radius 1 is 0.904 bits per heavy atom. The highest BCUT2D eigenvalue weighted by Gasteiger charge is 2.41. The number of esters is 1. The van der Waals surface area contributed by atoms with E-state index in [1.807, 2.05) is 31.2 Å². The second kappa shape index (κ2) is 18.2. The van der Waals surface area contributed by atoms with Crippen molar-refractivity contribution in [1.82, 2.24) is 15.5 Å². The maximum Gasteiger partial charge on any atom is 0.329 e. The minimum absolute atomic E-state index is 0.00309. The Balaban J connectivity index is 1.57. The number of fused-ring (bicyclic) bond motifs is 2. The van der Waals surface area contributed by atoms with Crippen LogP contribution in [-0.4, -0.2) is 82.0 Å². The molecule has 3 heterocycles. The summed E-state index contributed by atoms with van der Waals surface area (Å²) in [6.07, 6.45) is 3.87. The number of cyclic esters (lactones) is 1. The van der Waals surface area contributed by atoms with Gasteiger partial charge in [0.25, 0.3) is 0 Å². The average molecular weight is 739 g/mol. The summed E-state index contributed by atoms with van der Waals surface area (Å²) in [4.78, 5) is 74.3. The molecule has 2 N–H and O–H groups in total. The zero-order valence-corrected chi connectivity index (χ0v) is 33.6. The highest BCUT2D eigenvalue weighted by molar-refractivity contribution is 8.14. The van der Waals surface area contributed by atoms with Crippen molar-refractivity contribution in [1.29, 1.82) is 0 Å². The minimum atomic E-state index is -0.950. The Morgan fingerprint density at radius 2 is 1.58 bits per heavy atom. The van der Waals surface area contributed by atoms with Crippen molar-refractivity contribution < 1.29 is 28.7 Å². The van der Waals surface area contributed by atoms with Gasteiger partial charge in [0, 0.05) is 37.0 Å².